The van der Waals surface area contributed by atoms with E-state index < -0.39 is 12.5 Å². The molecule has 2 nitrogen and oxygen atoms in total. The van der Waals surface area contributed by atoms with E-state index in [1.165, 1.54) is 12.1 Å². The third kappa shape index (κ3) is 4.06. The molecular formula is C13H18F2O2. The van der Waals surface area contributed by atoms with E-state index in [1.54, 1.807) is 19.2 Å². The Balaban J connectivity index is 2.74. The highest BCUT2D eigenvalue weighted by molar-refractivity contribution is 5.26. The predicted octanol–water partition coefficient (Wildman–Crippen LogP) is 3.33. The van der Waals surface area contributed by atoms with Crippen LogP contribution in [0.5, 0.6) is 0 Å². The fourth-order valence-electron chi connectivity index (χ4n) is 1.67. The van der Waals surface area contributed by atoms with Gasteiger partial charge in [-0.2, -0.15) is 0 Å². The van der Waals surface area contributed by atoms with Gasteiger partial charge in [0.25, 0.3) is 6.43 Å². The maximum absolute atomic E-state index is 12.5. The van der Waals surface area contributed by atoms with Gasteiger partial charge < -0.3 is 9.84 Å². The Kier molecular flexibility index (Phi) is 5.51. The molecule has 0 aliphatic carbocycles. The molecule has 0 heterocycles. The standard InChI is InChI=1S/C13H18F2O2/c1-9(6-7-17-2)12(16)10-4-3-5-11(8-10)13(14)15/h3-5,8-9,12-13,16H,6-7H2,1-2H3. The average Bonchev–Trinajstić information content (AvgIpc) is 2.35. The summed E-state index contributed by atoms with van der Waals surface area (Å²) in [5, 5.41) is 10.0. The lowest BCUT2D eigenvalue weighted by atomic mass is 9.94. The molecule has 0 amide bonds. The Bertz CT molecular complexity index is 342. The molecule has 1 rings (SSSR count). The third-order valence-electron chi connectivity index (χ3n) is 2.82. The number of methoxy groups -OCH3 is 1. The highest BCUT2D eigenvalue weighted by Gasteiger charge is 2.17. The van der Waals surface area contributed by atoms with Gasteiger partial charge in [-0.3, -0.25) is 0 Å². The van der Waals surface area contributed by atoms with Crippen LogP contribution in [0.1, 0.15) is 37.0 Å². The molecule has 0 radical (unpaired) electrons. The number of hydrogen-bond acceptors (Lipinski definition) is 2. The zero-order chi connectivity index (χ0) is 12.8. The van der Waals surface area contributed by atoms with E-state index in [9.17, 15) is 13.9 Å². The van der Waals surface area contributed by atoms with Crippen molar-refractivity contribution in [2.75, 3.05) is 13.7 Å². The minimum Gasteiger partial charge on any atom is -0.388 e. The van der Waals surface area contributed by atoms with Crippen LogP contribution >= 0.6 is 0 Å². The third-order valence-corrected chi connectivity index (χ3v) is 2.82. The van der Waals surface area contributed by atoms with Gasteiger partial charge >= 0.3 is 0 Å². The minimum absolute atomic E-state index is 0.0251. The van der Waals surface area contributed by atoms with E-state index in [4.69, 9.17) is 4.74 Å². The average molecular weight is 244 g/mol. The zero-order valence-corrected chi connectivity index (χ0v) is 10.1. The van der Waals surface area contributed by atoms with Gasteiger partial charge in [0.15, 0.2) is 0 Å². The summed E-state index contributed by atoms with van der Waals surface area (Å²) in [6.07, 6.45) is -2.54. The summed E-state index contributed by atoms with van der Waals surface area (Å²) in [5.74, 6) is -0.0251. The number of hydrogen-bond donors (Lipinski definition) is 1. The quantitative estimate of drug-likeness (QED) is 0.831. The molecule has 0 bridgehead atoms. The normalized spacial score (nSPS) is 14.9. The number of ether oxygens (including phenoxy) is 1. The zero-order valence-electron chi connectivity index (χ0n) is 10.1. The van der Waals surface area contributed by atoms with Crippen molar-refractivity contribution in [3.8, 4) is 0 Å². The van der Waals surface area contributed by atoms with E-state index in [2.05, 4.69) is 0 Å². The number of alkyl halides is 2. The molecule has 0 saturated carbocycles. The monoisotopic (exact) mass is 244 g/mol. The first-order valence-electron chi connectivity index (χ1n) is 5.61. The molecule has 1 aromatic rings. The molecular weight excluding hydrogens is 226 g/mol. The van der Waals surface area contributed by atoms with E-state index in [-0.39, 0.29) is 11.5 Å². The fraction of sp³-hybridized carbons (Fsp3) is 0.538. The number of aliphatic hydroxyl groups is 1. The molecule has 4 heteroatoms. The molecule has 17 heavy (non-hydrogen) atoms. The lowest BCUT2D eigenvalue weighted by Crippen LogP contribution is -2.11. The molecule has 0 aromatic heterocycles. The van der Waals surface area contributed by atoms with E-state index >= 15 is 0 Å². The molecule has 2 atom stereocenters. The summed E-state index contributed by atoms with van der Waals surface area (Å²) in [4.78, 5) is 0. The number of aliphatic hydroxyl groups excluding tert-OH is 1. The second kappa shape index (κ2) is 6.67. The number of rotatable bonds is 6. The van der Waals surface area contributed by atoms with Gasteiger partial charge in [0.2, 0.25) is 0 Å². The van der Waals surface area contributed by atoms with Gasteiger partial charge in [0, 0.05) is 19.3 Å². The highest BCUT2D eigenvalue weighted by Crippen LogP contribution is 2.27. The molecule has 1 N–H and O–H groups in total. The Morgan fingerprint density at radius 2 is 1.94 bits per heavy atom. The van der Waals surface area contributed by atoms with Crippen LogP contribution in [0.25, 0.3) is 0 Å². The van der Waals surface area contributed by atoms with Gasteiger partial charge in [0.05, 0.1) is 6.10 Å². The van der Waals surface area contributed by atoms with Crippen molar-refractivity contribution in [3.63, 3.8) is 0 Å². The lowest BCUT2D eigenvalue weighted by molar-refractivity contribution is 0.0881. The van der Waals surface area contributed by atoms with Gasteiger partial charge in [-0.15, -0.1) is 0 Å². The van der Waals surface area contributed by atoms with Crippen LogP contribution < -0.4 is 0 Å². The summed E-state index contributed by atoms with van der Waals surface area (Å²) in [7, 11) is 1.59. The van der Waals surface area contributed by atoms with E-state index in [1.807, 2.05) is 6.92 Å². The number of benzene rings is 1. The molecule has 96 valence electrons. The largest absolute Gasteiger partial charge is 0.388 e. The summed E-state index contributed by atoms with van der Waals surface area (Å²) in [5.41, 5.74) is 0.479. The fourth-order valence-corrected chi connectivity index (χ4v) is 1.67. The second-order valence-electron chi connectivity index (χ2n) is 4.17. The Labute approximate surface area is 100 Å². The van der Waals surface area contributed by atoms with Crippen LogP contribution in [-0.2, 0) is 4.74 Å². The van der Waals surface area contributed by atoms with Crippen LogP contribution in [0.4, 0.5) is 8.78 Å². The lowest BCUT2D eigenvalue weighted by Gasteiger charge is -2.19. The van der Waals surface area contributed by atoms with Gasteiger partial charge in [-0.05, 0) is 24.0 Å². The van der Waals surface area contributed by atoms with Crippen LogP contribution in [0.3, 0.4) is 0 Å². The van der Waals surface area contributed by atoms with Crippen LogP contribution in [0.2, 0.25) is 0 Å². The summed E-state index contributed by atoms with van der Waals surface area (Å²) >= 11 is 0. The molecule has 1 aromatic carbocycles. The molecule has 0 aliphatic rings. The first-order valence-corrected chi connectivity index (χ1v) is 5.61. The summed E-state index contributed by atoms with van der Waals surface area (Å²) < 4.78 is 30.0. The molecule has 0 aliphatic heterocycles. The maximum atomic E-state index is 12.5. The summed E-state index contributed by atoms with van der Waals surface area (Å²) in [6.45, 7) is 2.42. The van der Waals surface area contributed by atoms with Crippen molar-refractivity contribution in [1.29, 1.82) is 0 Å². The Morgan fingerprint density at radius 3 is 2.53 bits per heavy atom. The van der Waals surface area contributed by atoms with E-state index in [0.717, 1.165) is 0 Å². The molecule has 0 fully saturated rings. The van der Waals surface area contributed by atoms with Crippen LogP contribution in [0.15, 0.2) is 24.3 Å². The molecule has 0 spiro atoms. The van der Waals surface area contributed by atoms with Gasteiger partial charge in [-0.1, -0.05) is 25.1 Å². The van der Waals surface area contributed by atoms with Crippen LogP contribution in [0, 0.1) is 5.92 Å². The van der Waals surface area contributed by atoms with Crippen LogP contribution in [-0.4, -0.2) is 18.8 Å². The topological polar surface area (TPSA) is 29.5 Å². The van der Waals surface area contributed by atoms with Crippen molar-refractivity contribution < 1.29 is 18.6 Å². The van der Waals surface area contributed by atoms with Crippen molar-refractivity contribution >= 4 is 0 Å². The van der Waals surface area contributed by atoms with E-state index in [0.29, 0.717) is 18.6 Å². The Hall–Kier alpha value is -1.00. The maximum Gasteiger partial charge on any atom is 0.263 e. The SMILES string of the molecule is COCCC(C)C(O)c1cccc(C(F)F)c1. The van der Waals surface area contributed by atoms with Crippen molar-refractivity contribution in [1.82, 2.24) is 0 Å². The molecule has 0 saturated heterocycles. The van der Waals surface area contributed by atoms with Gasteiger partial charge in [-0.25, -0.2) is 8.78 Å². The minimum atomic E-state index is -2.50. The van der Waals surface area contributed by atoms with Crippen molar-refractivity contribution in [3.05, 3.63) is 35.4 Å². The summed E-state index contributed by atoms with van der Waals surface area (Å²) in [6, 6.07) is 5.93. The number of halogens is 2. The first-order chi connectivity index (χ1) is 8.06. The molecule has 2 unspecified atom stereocenters. The Morgan fingerprint density at radius 1 is 1.29 bits per heavy atom. The van der Waals surface area contributed by atoms with Crippen molar-refractivity contribution in [2.45, 2.75) is 25.9 Å². The smallest absolute Gasteiger partial charge is 0.263 e. The van der Waals surface area contributed by atoms with Gasteiger partial charge in [0.1, 0.15) is 0 Å². The first kappa shape index (κ1) is 14.1. The van der Waals surface area contributed by atoms with Crippen molar-refractivity contribution in [2.24, 2.45) is 5.92 Å². The predicted molar refractivity (Wildman–Crippen MR) is 62.0 cm³/mol. The second-order valence-corrected chi connectivity index (χ2v) is 4.17. The highest BCUT2D eigenvalue weighted by atomic mass is 19.3.